The Morgan fingerprint density at radius 3 is 1.94 bits per heavy atom. The van der Waals surface area contributed by atoms with E-state index in [1.807, 2.05) is 0 Å². The fourth-order valence-corrected chi connectivity index (χ4v) is 9.31. The summed E-state index contributed by atoms with van der Waals surface area (Å²) in [6.07, 6.45) is 5.74. The van der Waals surface area contributed by atoms with Crippen molar-refractivity contribution in [1.29, 1.82) is 0 Å². The third-order valence-corrected chi connectivity index (χ3v) is 12.1. The molecular formula is C53H42. The van der Waals surface area contributed by atoms with Crippen LogP contribution in [0.5, 0.6) is 0 Å². The molecule has 9 aromatic carbocycles. The minimum Gasteiger partial charge on any atom is -0.0760 e. The van der Waals surface area contributed by atoms with E-state index in [9.17, 15) is 0 Å². The first-order valence-electron chi connectivity index (χ1n) is 19.3. The van der Waals surface area contributed by atoms with Gasteiger partial charge in [-0.25, -0.2) is 0 Å². The van der Waals surface area contributed by atoms with E-state index in [0.717, 1.165) is 19.3 Å². The number of benzene rings is 9. The highest BCUT2D eigenvalue weighted by atomic mass is 14.3. The second-order valence-electron chi connectivity index (χ2n) is 15.2. The van der Waals surface area contributed by atoms with Gasteiger partial charge in [0.05, 0.1) is 0 Å². The average molecular weight is 679 g/mol. The number of rotatable bonds is 5. The number of hydrogen-bond donors (Lipinski definition) is 0. The van der Waals surface area contributed by atoms with Crippen LogP contribution in [-0.2, 0) is 0 Å². The molecule has 0 spiro atoms. The van der Waals surface area contributed by atoms with E-state index >= 15 is 0 Å². The van der Waals surface area contributed by atoms with E-state index in [1.165, 1.54) is 109 Å². The lowest BCUT2D eigenvalue weighted by Crippen LogP contribution is -2.09. The van der Waals surface area contributed by atoms with Gasteiger partial charge < -0.3 is 0 Å². The van der Waals surface area contributed by atoms with Gasteiger partial charge in [0.25, 0.3) is 0 Å². The van der Waals surface area contributed by atoms with Gasteiger partial charge in [-0.05, 0) is 159 Å². The zero-order valence-electron chi connectivity index (χ0n) is 30.7. The highest BCUT2D eigenvalue weighted by molar-refractivity contribution is 6.18. The fraction of sp³-hybridized carbons (Fsp3) is 0.132. The number of allylic oxidation sites excluding steroid dienone is 4. The molecule has 0 aliphatic heterocycles. The highest BCUT2D eigenvalue weighted by Crippen LogP contribution is 2.46. The quantitative estimate of drug-likeness (QED) is 0.159. The van der Waals surface area contributed by atoms with Gasteiger partial charge in [0, 0.05) is 0 Å². The summed E-state index contributed by atoms with van der Waals surface area (Å²) in [4.78, 5) is 0. The second-order valence-corrected chi connectivity index (χ2v) is 15.2. The van der Waals surface area contributed by atoms with Crippen molar-refractivity contribution in [3.63, 3.8) is 0 Å². The normalized spacial score (nSPS) is 14.2. The van der Waals surface area contributed by atoms with Gasteiger partial charge in [-0.2, -0.15) is 0 Å². The largest absolute Gasteiger partial charge is 0.0760 e. The lowest BCUT2D eigenvalue weighted by molar-refractivity contribution is 0.670. The maximum atomic E-state index is 2.52. The topological polar surface area (TPSA) is 0 Å². The minimum absolute atomic E-state index is 0.441. The molecule has 0 aromatic heterocycles. The molecule has 0 saturated carbocycles. The molecular weight excluding hydrogens is 637 g/mol. The Morgan fingerprint density at radius 2 is 1.09 bits per heavy atom. The summed E-state index contributed by atoms with van der Waals surface area (Å²) in [6, 6.07) is 57.1. The molecule has 0 amide bonds. The van der Waals surface area contributed by atoms with Crippen molar-refractivity contribution in [2.24, 2.45) is 5.92 Å². The minimum atomic E-state index is 0.441. The van der Waals surface area contributed by atoms with Crippen LogP contribution in [-0.4, -0.2) is 0 Å². The van der Waals surface area contributed by atoms with Crippen LogP contribution in [0, 0.1) is 12.8 Å². The van der Waals surface area contributed by atoms with Gasteiger partial charge in [-0.15, -0.1) is 0 Å². The van der Waals surface area contributed by atoms with Gasteiger partial charge in [-0.3, -0.25) is 0 Å². The molecule has 0 nitrogen and oxygen atoms in total. The molecule has 0 radical (unpaired) electrons. The summed E-state index contributed by atoms with van der Waals surface area (Å²) >= 11 is 0. The molecule has 1 aliphatic rings. The van der Waals surface area contributed by atoms with Gasteiger partial charge in [0.2, 0.25) is 0 Å². The van der Waals surface area contributed by atoms with Crippen LogP contribution in [0.3, 0.4) is 0 Å². The lowest BCUT2D eigenvalue weighted by atomic mass is 9.76. The Labute approximate surface area is 311 Å². The Hall–Kier alpha value is -5.98. The first-order chi connectivity index (χ1) is 26.1. The Kier molecular flexibility index (Phi) is 7.55. The summed E-state index contributed by atoms with van der Waals surface area (Å²) < 4.78 is 0. The Bertz CT molecular complexity index is 3000. The van der Waals surface area contributed by atoms with E-state index in [0.29, 0.717) is 5.92 Å². The van der Waals surface area contributed by atoms with Gasteiger partial charge in [0.15, 0.2) is 0 Å². The molecule has 0 saturated heterocycles. The predicted octanol–water partition coefficient (Wildman–Crippen LogP) is 15.3. The SMILES string of the molecule is CCC(C)C1=C(c2cccc3c2c(C)cc2ccccc23)CCC=C1c1ccc2ccc3c4ccc(-c5ccc6ccccc6c5)cc4ccc3c2c1. The molecule has 254 valence electrons. The third kappa shape index (κ3) is 5.19. The molecule has 0 fully saturated rings. The van der Waals surface area contributed by atoms with Crippen LogP contribution < -0.4 is 0 Å². The molecule has 10 rings (SSSR count). The van der Waals surface area contributed by atoms with Crippen LogP contribution in [0.25, 0.3) is 86.9 Å². The molecule has 0 heteroatoms. The number of aryl methyl sites for hydroxylation is 1. The van der Waals surface area contributed by atoms with Crippen molar-refractivity contribution in [2.45, 2.75) is 40.0 Å². The predicted molar refractivity (Wildman–Crippen MR) is 232 cm³/mol. The molecule has 0 bridgehead atoms. The molecule has 9 aromatic rings. The van der Waals surface area contributed by atoms with Crippen molar-refractivity contribution in [3.05, 3.63) is 180 Å². The Balaban J connectivity index is 1.11. The van der Waals surface area contributed by atoms with Gasteiger partial charge in [-0.1, -0.05) is 153 Å². The summed E-state index contributed by atoms with van der Waals surface area (Å²) in [5, 5.41) is 15.8. The zero-order chi connectivity index (χ0) is 35.6. The maximum Gasteiger partial charge on any atom is -0.00728 e. The van der Waals surface area contributed by atoms with Crippen molar-refractivity contribution < 1.29 is 0 Å². The summed E-state index contributed by atoms with van der Waals surface area (Å²) in [6.45, 7) is 7.06. The van der Waals surface area contributed by atoms with Crippen molar-refractivity contribution in [2.75, 3.05) is 0 Å². The van der Waals surface area contributed by atoms with Crippen LogP contribution in [0.15, 0.2) is 163 Å². The fourth-order valence-electron chi connectivity index (χ4n) is 9.31. The van der Waals surface area contributed by atoms with Gasteiger partial charge >= 0.3 is 0 Å². The smallest absolute Gasteiger partial charge is 0.00728 e. The van der Waals surface area contributed by atoms with Crippen LogP contribution in [0.2, 0.25) is 0 Å². The summed E-state index contributed by atoms with van der Waals surface area (Å²) in [5.41, 5.74) is 11.1. The van der Waals surface area contributed by atoms with Crippen molar-refractivity contribution >= 4 is 75.8 Å². The molecule has 1 aliphatic carbocycles. The lowest BCUT2D eigenvalue weighted by Gasteiger charge is -2.28. The maximum absolute atomic E-state index is 2.52. The second kappa shape index (κ2) is 12.6. The van der Waals surface area contributed by atoms with Crippen LogP contribution >= 0.6 is 0 Å². The zero-order valence-corrected chi connectivity index (χ0v) is 30.7. The number of hydrogen-bond acceptors (Lipinski definition) is 0. The van der Waals surface area contributed by atoms with Gasteiger partial charge in [0.1, 0.15) is 0 Å². The Morgan fingerprint density at radius 1 is 0.491 bits per heavy atom. The van der Waals surface area contributed by atoms with Crippen molar-refractivity contribution in [3.8, 4) is 11.1 Å². The third-order valence-electron chi connectivity index (χ3n) is 12.1. The van der Waals surface area contributed by atoms with Crippen molar-refractivity contribution in [1.82, 2.24) is 0 Å². The average Bonchev–Trinajstić information content (AvgIpc) is 3.22. The standard InChI is InChI=1S/C53H42/c1-4-33(2)52-45(15-9-17-49(52)50-18-10-16-48-43-14-8-7-13-40(43)29-34(3)53(48)50)42-22-20-36-23-27-46-44-26-24-39(31-41(44)25-28-47(46)51(36)32-42)38-21-19-35-11-5-6-12-37(35)30-38/h5-8,10-16,18-33H,4,9,17H2,1-3H3. The summed E-state index contributed by atoms with van der Waals surface area (Å²) in [5.74, 6) is 0.441. The first kappa shape index (κ1) is 31.7. The highest BCUT2D eigenvalue weighted by Gasteiger charge is 2.25. The van der Waals surface area contributed by atoms with E-state index < -0.39 is 0 Å². The molecule has 1 unspecified atom stereocenters. The first-order valence-corrected chi connectivity index (χ1v) is 19.3. The summed E-state index contributed by atoms with van der Waals surface area (Å²) in [7, 11) is 0. The molecule has 1 atom stereocenters. The van der Waals surface area contributed by atoms with E-state index in [4.69, 9.17) is 0 Å². The molecule has 0 heterocycles. The molecule has 0 N–H and O–H groups in total. The van der Waals surface area contributed by atoms with Crippen LogP contribution in [0.4, 0.5) is 0 Å². The van der Waals surface area contributed by atoms with E-state index in [-0.39, 0.29) is 0 Å². The molecule has 53 heavy (non-hydrogen) atoms. The monoisotopic (exact) mass is 678 g/mol. The van der Waals surface area contributed by atoms with Crippen LogP contribution in [0.1, 0.15) is 49.8 Å². The van der Waals surface area contributed by atoms with E-state index in [1.54, 1.807) is 0 Å². The van der Waals surface area contributed by atoms with E-state index in [2.05, 4.69) is 179 Å². The number of fused-ring (bicyclic) bond motifs is 9.